The molecule has 0 radical (unpaired) electrons. The second-order valence-corrected chi connectivity index (χ2v) is 3.47. The molecule has 0 atom stereocenters. The molecule has 0 saturated heterocycles. The molecule has 0 saturated carbocycles. The molecule has 86 valence electrons. The second kappa shape index (κ2) is 5.00. The number of aryl methyl sites for hydroxylation is 1. The summed E-state index contributed by atoms with van der Waals surface area (Å²) < 4.78 is 4.68. The first-order valence-corrected chi connectivity index (χ1v) is 4.70. The summed E-state index contributed by atoms with van der Waals surface area (Å²) in [4.78, 5) is 21.8. The van der Waals surface area contributed by atoms with Crippen molar-refractivity contribution in [1.29, 1.82) is 0 Å². The SMILES string of the molecule is Cc1cc(NC(=O)/C(Cl)=C(/Cl)C(=O)O)no1. The molecule has 1 amide bonds. The normalized spacial score (nSPS) is 11.9. The van der Waals surface area contributed by atoms with E-state index in [2.05, 4.69) is 15.0 Å². The van der Waals surface area contributed by atoms with Crippen LogP contribution in [0.2, 0.25) is 0 Å². The smallest absolute Gasteiger partial charge is 0.349 e. The predicted molar refractivity (Wildman–Crippen MR) is 56.2 cm³/mol. The van der Waals surface area contributed by atoms with Crippen LogP contribution in [0.25, 0.3) is 0 Å². The Morgan fingerprint density at radius 2 is 2.06 bits per heavy atom. The molecule has 0 bridgehead atoms. The molecule has 0 aromatic carbocycles. The van der Waals surface area contributed by atoms with Crippen molar-refractivity contribution >= 4 is 40.9 Å². The number of hydrogen-bond acceptors (Lipinski definition) is 4. The third-order valence-electron chi connectivity index (χ3n) is 1.45. The van der Waals surface area contributed by atoms with Crippen molar-refractivity contribution in [2.24, 2.45) is 0 Å². The first kappa shape index (κ1) is 12.5. The number of aliphatic carboxylic acids is 1. The van der Waals surface area contributed by atoms with E-state index < -0.39 is 21.9 Å². The van der Waals surface area contributed by atoms with Crippen LogP contribution in [-0.2, 0) is 9.59 Å². The Bertz CT molecular complexity index is 466. The summed E-state index contributed by atoms with van der Waals surface area (Å²) in [5.74, 6) is -1.75. The van der Waals surface area contributed by atoms with Crippen LogP contribution < -0.4 is 5.32 Å². The zero-order valence-electron chi connectivity index (χ0n) is 7.95. The first-order chi connectivity index (χ1) is 7.41. The van der Waals surface area contributed by atoms with E-state index in [1.165, 1.54) is 6.07 Å². The van der Waals surface area contributed by atoms with Gasteiger partial charge in [0, 0.05) is 6.07 Å². The van der Waals surface area contributed by atoms with Gasteiger partial charge in [0.05, 0.1) is 0 Å². The van der Waals surface area contributed by atoms with Gasteiger partial charge in [0.2, 0.25) is 0 Å². The van der Waals surface area contributed by atoms with Gasteiger partial charge in [-0.3, -0.25) is 4.79 Å². The highest BCUT2D eigenvalue weighted by molar-refractivity contribution is 6.54. The Balaban J connectivity index is 2.81. The average Bonchev–Trinajstić information content (AvgIpc) is 2.61. The summed E-state index contributed by atoms with van der Waals surface area (Å²) >= 11 is 10.7. The summed E-state index contributed by atoms with van der Waals surface area (Å²) in [6.45, 7) is 1.63. The van der Waals surface area contributed by atoms with Gasteiger partial charge in [-0.05, 0) is 6.92 Å². The molecule has 0 aliphatic heterocycles. The van der Waals surface area contributed by atoms with Crippen molar-refractivity contribution < 1.29 is 19.2 Å². The maximum absolute atomic E-state index is 11.3. The van der Waals surface area contributed by atoms with Crippen LogP contribution in [-0.4, -0.2) is 22.1 Å². The van der Waals surface area contributed by atoms with Crippen LogP contribution >= 0.6 is 23.2 Å². The Kier molecular flexibility index (Phi) is 3.92. The molecule has 1 heterocycles. The monoisotopic (exact) mass is 264 g/mol. The fraction of sp³-hybridized carbons (Fsp3) is 0.125. The number of amides is 1. The number of rotatable bonds is 3. The van der Waals surface area contributed by atoms with Crippen LogP contribution in [0.1, 0.15) is 5.76 Å². The van der Waals surface area contributed by atoms with E-state index in [1.54, 1.807) is 6.92 Å². The largest absolute Gasteiger partial charge is 0.477 e. The number of carbonyl (C=O) groups excluding carboxylic acids is 1. The Morgan fingerprint density at radius 1 is 1.44 bits per heavy atom. The topological polar surface area (TPSA) is 92.4 Å². The number of nitrogens with zero attached hydrogens (tertiary/aromatic N) is 1. The standard InChI is InChI=1S/C8H6Cl2N2O4/c1-3-2-4(12-16-3)11-7(13)5(9)6(10)8(14)15/h2H,1H3,(H,14,15)(H,11,12,13)/b6-5-. The fourth-order valence-electron chi connectivity index (χ4n) is 0.790. The molecule has 1 rings (SSSR count). The number of halogens is 2. The Hall–Kier alpha value is -1.53. The molecule has 0 aliphatic rings. The fourth-order valence-corrected chi connectivity index (χ4v) is 1.00. The number of anilines is 1. The van der Waals surface area contributed by atoms with E-state index in [0.29, 0.717) is 5.76 Å². The Morgan fingerprint density at radius 3 is 2.50 bits per heavy atom. The van der Waals surface area contributed by atoms with Gasteiger partial charge in [0.1, 0.15) is 15.8 Å². The first-order valence-electron chi connectivity index (χ1n) is 3.95. The van der Waals surface area contributed by atoms with E-state index in [0.717, 1.165) is 0 Å². The third-order valence-corrected chi connectivity index (χ3v) is 2.26. The van der Waals surface area contributed by atoms with Crippen LogP contribution in [0.4, 0.5) is 5.82 Å². The van der Waals surface area contributed by atoms with Crippen LogP contribution in [0.3, 0.4) is 0 Å². The van der Waals surface area contributed by atoms with Gasteiger partial charge in [-0.25, -0.2) is 4.79 Å². The molecule has 1 aromatic heterocycles. The maximum atomic E-state index is 11.3. The lowest BCUT2D eigenvalue weighted by Crippen LogP contribution is -2.14. The average molecular weight is 265 g/mol. The molecule has 8 heteroatoms. The molecule has 0 aliphatic carbocycles. The van der Waals surface area contributed by atoms with Crippen molar-refractivity contribution in [2.45, 2.75) is 6.92 Å². The summed E-state index contributed by atoms with van der Waals surface area (Å²) in [5, 5.41) is 12.8. The van der Waals surface area contributed by atoms with Crippen LogP contribution in [0.15, 0.2) is 20.7 Å². The van der Waals surface area contributed by atoms with Gasteiger partial charge in [-0.2, -0.15) is 0 Å². The number of carboxylic acids is 1. The number of carbonyl (C=O) groups is 2. The van der Waals surface area contributed by atoms with Gasteiger partial charge in [0.25, 0.3) is 5.91 Å². The maximum Gasteiger partial charge on any atom is 0.349 e. The van der Waals surface area contributed by atoms with Crippen molar-refractivity contribution in [3.63, 3.8) is 0 Å². The van der Waals surface area contributed by atoms with Gasteiger partial charge < -0.3 is 14.9 Å². The summed E-state index contributed by atoms with van der Waals surface area (Å²) in [6.07, 6.45) is 0. The minimum atomic E-state index is -1.49. The zero-order chi connectivity index (χ0) is 12.3. The highest BCUT2D eigenvalue weighted by Crippen LogP contribution is 2.16. The highest BCUT2D eigenvalue weighted by atomic mass is 35.5. The van der Waals surface area contributed by atoms with Crippen molar-refractivity contribution in [3.05, 3.63) is 21.9 Å². The lowest BCUT2D eigenvalue weighted by molar-refractivity contribution is -0.132. The summed E-state index contributed by atoms with van der Waals surface area (Å²) in [5.41, 5.74) is 0. The zero-order valence-corrected chi connectivity index (χ0v) is 9.46. The summed E-state index contributed by atoms with van der Waals surface area (Å²) in [6, 6.07) is 1.44. The van der Waals surface area contributed by atoms with Crippen LogP contribution in [0, 0.1) is 6.92 Å². The molecule has 16 heavy (non-hydrogen) atoms. The van der Waals surface area contributed by atoms with Crippen molar-refractivity contribution in [3.8, 4) is 0 Å². The van der Waals surface area contributed by atoms with E-state index in [4.69, 9.17) is 28.3 Å². The second-order valence-electron chi connectivity index (χ2n) is 2.71. The van der Waals surface area contributed by atoms with Gasteiger partial charge in [-0.15, -0.1) is 0 Å². The lowest BCUT2D eigenvalue weighted by atomic mass is 10.4. The van der Waals surface area contributed by atoms with Crippen molar-refractivity contribution in [1.82, 2.24) is 5.16 Å². The lowest BCUT2D eigenvalue weighted by Gasteiger charge is -1.99. The molecular formula is C8H6Cl2N2O4. The van der Waals surface area contributed by atoms with Gasteiger partial charge in [-0.1, -0.05) is 28.4 Å². The van der Waals surface area contributed by atoms with E-state index in [-0.39, 0.29) is 5.82 Å². The third kappa shape index (κ3) is 2.98. The van der Waals surface area contributed by atoms with Crippen molar-refractivity contribution in [2.75, 3.05) is 5.32 Å². The molecular weight excluding hydrogens is 259 g/mol. The molecule has 2 N–H and O–H groups in total. The quantitative estimate of drug-likeness (QED) is 0.811. The van der Waals surface area contributed by atoms with Gasteiger partial charge >= 0.3 is 5.97 Å². The highest BCUT2D eigenvalue weighted by Gasteiger charge is 2.18. The summed E-state index contributed by atoms with van der Waals surface area (Å²) in [7, 11) is 0. The molecule has 6 nitrogen and oxygen atoms in total. The number of hydrogen-bond donors (Lipinski definition) is 2. The predicted octanol–water partition coefficient (Wildman–Crippen LogP) is 1.70. The van der Waals surface area contributed by atoms with E-state index in [1.807, 2.05) is 0 Å². The molecule has 0 spiro atoms. The number of aromatic nitrogens is 1. The molecule has 0 unspecified atom stereocenters. The van der Waals surface area contributed by atoms with E-state index in [9.17, 15) is 9.59 Å². The number of nitrogens with one attached hydrogen (secondary N) is 1. The van der Waals surface area contributed by atoms with E-state index >= 15 is 0 Å². The minimum Gasteiger partial charge on any atom is -0.477 e. The van der Waals surface area contributed by atoms with Crippen LogP contribution in [0.5, 0.6) is 0 Å². The Labute approximate surface area is 99.8 Å². The molecule has 1 aromatic rings. The van der Waals surface area contributed by atoms with Gasteiger partial charge in [0.15, 0.2) is 5.82 Å². The molecule has 0 fully saturated rings. The number of carboxylic acid groups (broad SMARTS) is 1. The minimum absolute atomic E-state index is 0.121.